The van der Waals surface area contributed by atoms with Gasteiger partial charge in [-0.2, -0.15) is 4.98 Å². The standard InChI is InChI=1S/C13H14N4O2S2/c18-10(16-13-14-5-6-20-13)7-21-11-8-3-1-2-4-9(8)15-12(19)17-11/h5-6H,1-4,7H2,(H,14,16,18)(H,15,17,19). The van der Waals surface area contributed by atoms with Gasteiger partial charge in [-0.25, -0.2) is 9.78 Å². The Hall–Kier alpha value is -1.67. The molecule has 0 spiro atoms. The fourth-order valence-electron chi connectivity index (χ4n) is 2.29. The minimum Gasteiger partial charge on any atom is -0.309 e. The van der Waals surface area contributed by atoms with Crippen LogP contribution >= 0.6 is 23.1 Å². The Morgan fingerprint density at radius 3 is 3.10 bits per heavy atom. The van der Waals surface area contributed by atoms with Gasteiger partial charge in [0.25, 0.3) is 0 Å². The number of hydrogen-bond acceptors (Lipinski definition) is 6. The fourth-order valence-corrected chi connectivity index (χ4v) is 3.72. The van der Waals surface area contributed by atoms with Gasteiger partial charge in [-0.05, 0) is 25.7 Å². The number of H-pyrrole nitrogens is 1. The van der Waals surface area contributed by atoms with Crippen LogP contribution in [-0.2, 0) is 17.6 Å². The van der Waals surface area contributed by atoms with Crippen LogP contribution in [0.15, 0.2) is 21.4 Å². The predicted molar refractivity (Wildman–Crippen MR) is 83.0 cm³/mol. The third-order valence-corrected chi connectivity index (χ3v) is 4.91. The largest absolute Gasteiger partial charge is 0.346 e. The van der Waals surface area contributed by atoms with E-state index in [-0.39, 0.29) is 17.3 Å². The summed E-state index contributed by atoms with van der Waals surface area (Å²) >= 11 is 2.69. The Bertz CT molecular complexity index is 697. The lowest BCUT2D eigenvalue weighted by Crippen LogP contribution is -2.20. The first kappa shape index (κ1) is 14.3. The molecule has 3 rings (SSSR count). The van der Waals surface area contributed by atoms with Crippen molar-refractivity contribution in [2.24, 2.45) is 0 Å². The van der Waals surface area contributed by atoms with Gasteiger partial charge in [0, 0.05) is 22.8 Å². The molecule has 0 bridgehead atoms. The van der Waals surface area contributed by atoms with Gasteiger partial charge in [-0.1, -0.05) is 11.8 Å². The van der Waals surface area contributed by atoms with Gasteiger partial charge in [0.05, 0.1) is 5.75 Å². The number of fused-ring (bicyclic) bond motifs is 1. The second-order valence-corrected chi connectivity index (χ2v) is 6.54. The molecule has 110 valence electrons. The molecule has 6 nitrogen and oxygen atoms in total. The minimum absolute atomic E-state index is 0.137. The molecular weight excluding hydrogens is 308 g/mol. The molecule has 2 aromatic heterocycles. The highest BCUT2D eigenvalue weighted by Gasteiger charge is 2.17. The van der Waals surface area contributed by atoms with Crippen molar-refractivity contribution in [3.8, 4) is 0 Å². The van der Waals surface area contributed by atoms with Crippen molar-refractivity contribution in [3.05, 3.63) is 33.3 Å². The van der Waals surface area contributed by atoms with Gasteiger partial charge < -0.3 is 10.3 Å². The molecule has 1 aliphatic rings. The molecule has 0 fully saturated rings. The summed E-state index contributed by atoms with van der Waals surface area (Å²) in [7, 11) is 0. The van der Waals surface area contributed by atoms with Crippen molar-refractivity contribution < 1.29 is 4.79 Å². The summed E-state index contributed by atoms with van der Waals surface area (Å²) < 4.78 is 0. The Balaban J connectivity index is 1.69. The van der Waals surface area contributed by atoms with Crippen molar-refractivity contribution in [2.45, 2.75) is 30.7 Å². The van der Waals surface area contributed by atoms with Crippen molar-refractivity contribution in [1.82, 2.24) is 15.0 Å². The highest BCUT2D eigenvalue weighted by molar-refractivity contribution is 8.00. The van der Waals surface area contributed by atoms with E-state index in [9.17, 15) is 9.59 Å². The van der Waals surface area contributed by atoms with Gasteiger partial charge in [0.15, 0.2) is 5.13 Å². The maximum Gasteiger partial charge on any atom is 0.346 e. The van der Waals surface area contributed by atoms with E-state index in [1.165, 1.54) is 23.1 Å². The quantitative estimate of drug-likeness (QED) is 0.662. The highest BCUT2D eigenvalue weighted by Crippen LogP contribution is 2.27. The molecule has 1 amide bonds. The Morgan fingerprint density at radius 2 is 2.29 bits per heavy atom. The second-order valence-electron chi connectivity index (χ2n) is 4.69. The number of carbonyl (C=O) groups excluding carboxylic acids is 1. The molecule has 1 aliphatic carbocycles. The van der Waals surface area contributed by atoms with Gasteiger partial charge in [-0.15, -0.1) is 11.3 Å². The average Bonchev–Trinajstić information content (AvgIpc) is 2.97. The first-order valence-corrected chi connectivity index (χ1v) is 8.53. The third-order valence-electron chi connectivity index (χ3n) is 3.21. The topological polar surface area (TPSA) is 87.7 Å². The van der Waals surface area contributed by atoms with E-state index < -0.39 is 0 Å². The van der Waals surface area contributed by atoms with Crippen molar-refractivity contribution in [2.75, 3.05) is 11.1 Å². The van der Waals surface area contributed by atoms with Crippen LogP contribution in [-0.4, -0.2) is 26.6 Å². The smallest absolute Gasteiger partial charge is 0.309 e. The number of amides is 1. The molecule has 2 N–H and O–H groups in total. The van der Waals surface area contributed by atoms with Crippen molar-refractivity contribution in [1.29, 1.82) is 0 Å². The van der Waals surface area contributed by atoms with E-state index >= 15 is 0 Å². The molecule has 0 saturated heterocycles. The monoisotopic (exact) mass is 322 g/mol. The van der Waals surface area contributed by atoms with E-state index in [0.29, 0.717) is 10.2 Å². The number of nitrogens with one attached hydrogen (secondary N) is 2. The van der Waals surface area contributed by atoms with Gasteiger partial charge in [0.1, 0.15) is 5.03 Å². The van der Waals surface area contributed by atoms with Crippen molar-refractivity contribution >= 4 is 34.1 Å². The number of nitrogens with zero attached hydrogens (tertiary/aromatic N) is 2. The van der Waals surface area contributed by atoms with Crippen molar-refractivity contribution in [3.63, 3.8) is 0 Å². The molecule has 0 radical (unpaired) electrons. The minimum atomic E-state index is -0.335. The number of aromatic amines is 1. The zero-order valence-corrected chi connectivity index (χ0v) is 12.9. The lowest BCUT2D eigenvalue weighted by Gasteiger charge is -2.17. The summed E-state index contributed by atoms with van der Waals surface area (Å²) in [5.41, 5.74) is 1.73. The molecule has 0 atom stereocenters. The van der Waals surface area contributed by atoms with Crippen LogP contribution in [0, 0.1) is 0 Å². The predicted octanol–water partition coefficient (Wildman–Crippen LogP) is 1.84. The van der Waals surface area contributed by atoms with E-state index in [1.807, 2.05) is 0 Å². The van der Waals surface area contributed by atoms with Gasteiger partial charge in [0.2, 0.25) is 5.91 Å². The summed E-state index contributed by atoms with van der Waals surface area (Å²) in [6.07, 6.45) is 5.62. The molecule has 2 aromatic rings. The number of hydrogen-bond donors (Lipinski definition) is 2. The second kappa shape index (κ2) is 6.40. The molecule has 8 heteroatoms. The van der Waals surface area contributed by atoms with E-state index in [2.05, 4.69) is 20.3 Å². The summed E-state index contributed by atoms with van der Waals surface area (Å²) in [6, 6.07) is 0. The highest BCUT2D eigenvalue weighted by atomic mass is 32.2. The molecule has 0 aliphatic heterocycles. The third kappa shape index (κ3) is 3.51. The normalized spacial score (nSPS) is 13.7. The van der Waals surface area contributed by atoms with Crippen LogP contribution in [0.3, 0.4) is 0 Å². The number of carbonyl (C=O) groups is 1. The zero-order valence-electron chi connectivity index (χ0n) is 11.2. The molecule has 21 heavy (non-hydrogen) atoms. The summed E-state index contributed by atoms with van der Waals surface area (Å²) in [5, 5.41) is 5.79. The summed E-state index contributed by atoms with van der Waals surface area (Å²) in [4.78, 5) is 34.3. The molecule has 0 saturated carbocycles. The van der Waals surface area contributed by atoms with Crippen LogP contribution in [0.5, 0.6) is 0 Å². The van der Waals surface area contributed by atoms with Crippen LogP contribution in [0.1, 0.15) is 24.1 Å². The van der Waals surface area contributed by atoms with E-state index in [1.54, 1.807) is 11.6 Å². The Labute approximate surface area is 129 Å². The zero-order chi connectivity index (χ0) is 14.7. The van der Waals surface area contributed by atoms with Gasteiger partial charge in [-0.3, -0.25) is 4.79 Å². The number of rotatable bonds is 4. The first-order chi connectivity index (χ1) is 10.2. The molecular formula is C13H14N4O2S2. The van der Waals surface area contributed by atoms with E-state index in [4.69, 9.17) is 0 Å². The lowest BCUT2D eigenvalue weighted by molar-refractivity contribution is -0.113. The molecule has 2 heterocycles. The number of aryl methyl sites for hydroxylation is 1. The fraction of sp³-hybridized carbons (Fsp3) is 0.385. The molecule has 0 aromatic carbocycles. The summed E-state index contributed by atoms with van der Waals surface area (Å²) in [6.45, 7) is 0. The molecule has 0 unspecified atom stereocenters. The summed E-state index contributed by atoms with van der Waals surface area (Å²) in [5.74, 6) is 0.0873. The first-order valence-electron chi connectivity index (χ1n) is 6.66. The van der Waals surface area contributed by atoms with E-state index in [0.717, 1.165) is 36.9 Å². The number of anilines is 1. The van der Waals surface area contributed by atoms with Gasteiger partial charge >= 0.3 is 5.69 Å². The van der Waals surface area contributed by atoms with Crippen LogP contribution in [0.4, 0.5) is 5.13 Å². The number of aromatic nitrogens is 3. The number of thiazole rings is 1. The SMILES string of the molecule is O=C(CSc1nc(=O)[nH]c2c1CCCC2)Nc1nccs1. The van der Waals surface area contributed by atoms with Crippen LogP contribution in [0.2, 0.25) is 0 Å². The Kier molecular flexibility index (Phi) is 4.35. The number of thioether (sulfide) groups is 1. The average molecular weight is 322 g/mol. The maximum absolute atomic E-state index is 11.9. The van der Waals surface area contributed by atoms with Crippen LogP contribution in [0.25, 0.3) is 0 Å². The maximum atomic E-state index is 11.9. The lowest BCUT2D eigenvalue weighted by atomic mass is 9.98. The Morgan fingerprint density at radius 1 is 1.43 bits per heavy atom. The van der Waals surface area contributed by atoms with Crippen LogP contribution < -0.4 is 11.0 Å².